The van der Waals surface area contributed by atoms with Crippen molar-refractivity contribution in [2.24, 2.45) is 0 Å². The van der Waals surface area contributed by atoms with E-state index in [1.165, 1.54) is 7.11 Å². The Morgan fingerprint density at radius 3 is 2.69 bits per heavy atom. The smallest absolute Gasteiger partial charge is 0.338 e. The van der Waals surface area contributed by atoms with Gasteiger partial charge in [-0.05, 0) is 29.8 Å². The third kappa shape index (κ3) is 4.72. The minimum Gasteiger partial charge on any atom is -0.465 e. The fourth-order valence-electron chi connectivity index (χ4n) is 3.31. The molecule has 4 rings (SSSR count). The van der Waals surface area contributed by atoms with Crippen LogP contribution in [0.15, 0.2) is 78.4 Å². The molecule has 0 aliphatic heterocycles. The SMILES string of the molecule is COC(=O)c1cc(Cl)ccc1C=CCn1cccc1C(=O)c1ccc(-c2nccs2)cc1. The van der Waals surface area contributed by atoms with Crippen LogP contribution in [-0.4, -0.2) is 28.4 Å². The molecule has 0 amide bonds. The second-order valence-electron chi connectivity index (χ2n) is 6.92. The van der Waals surface area contributed by atoms with Gasteiger partial charge >= 0.3 is 5.97 Å². The van der Waals surface area contributed by atoms with E-state index in [-0.39, 0.29) is 5.78 Å². The maximum Gasteiger partial charge on any atom is 0.338 e. The van der Waals surface area contributed by atoms with Gasteiger partial charge in [-0.25, -0.2) is 9.78 Å². The van der Waals surface area contributed by atoms with Gasteiger partial charge in [0, 0.05) is 40.5 Å². The Morgan fingerprint density at radius 1 is 1.16 bits per heavy atom. The van der Waals surface area contributed by atoms with E-state index >= 15 is 0 Å². The average molecular weight is 463 g/mol. The number of allylic oxidation sites excluding steroid dienone is 1. The second-order valence-corrected chi connectivity index (χ2v) is 8.25. The van der Waals surface area contributed by atoms with Crippen molar-refractivity contribution >= 4 is 40.8 Å². The molecule has 0 spiro atoms. The van der Waals surface area contributed by atoms with Crippen LogP contribution >= 0.6 is 22.9 Å². The summed E-state index contributed by atoms with van der Waals surface area (Å²) in [6.07, 6.45) is 7.32. The summed E-state index contributed by atoms with van der Waals surface area (Å²) in [6, 6.07) is 16.2. The van der Waals surface area contributed by atoms with Crippen LogP contribution in [0, 0.1) is 0 Å². The summed E-state index contributed by atoms with van der Waals surface area (Å²) < 4.78 is 6.69. The minimum atomic E-state index is -0.454. The largest absolute Gasteiger partial charge is 0.465 e. The predicted molar refractivity (Wildman–Crippen MR) is 127 cm³/mol. The lowest BCUT2D eigenvalue weighted by Crippen LogP contribution is -2.09. The van der Waals surface area contributed by atoms with Gasteiger partial charge in [0.15, 0.2) is 0 Å². The van der Waals surface area contributed by atoms with Crippen molar-refractivity contribution in [3.05, 3.63) is 106 Å². The molecule has 0 radical (unpaired) electrons. The van der Waals surface area contributed by atoms with E-state index in [1.54, 1.807) is 41.8 Å². The number of carbonyl (C=O) groups excluding carboxylic acids is 2. The molecule has 2 aromatic heterocycles. The van der Waals surface area contributed by atoms with Crippen LogP contribution in [0.25, 0.3) is 16.6 Å². The maximum absolute atomic E-state index is 13.0. The molecule has 0 unspecified atom stereocenters. The van der Waals surface area contributed by atoms with Gasteiger partial charge in [0.2, 0.25) is 5.78 Å². The summed E-state index contributed by atoms with van der Waals surface area (Å²) in [5.74, 6) is -0.513. The number of carbonyl (C=O) groups is 2. The van der Waals surface area contributed by atoms with Crippen LogP contribution in [0.1, 0.15) is 32.0 Å². The van der Waals surface area contributed by atoms with Crippen LogP contribution in [0.5, 0.6) is 0 Å². The Bertz CT molecular complexity index is 1280. The van der Waals surface area contributed by atoms with Gasteiger partial charge in [-0.2, -0.15) is 0 Å². The quantitative estimate of drug-likeness (QED) is 0.250. The molecule has 0 aliphatic rings. The summed E-state index contributed by atoms with van der Waals surface area (Å²) in [4.78, 5) is 29.4. The molecule has 160 valence electrons. The number of hydrogen-bond donors (Lipinski definition) is 0. The van der Waals surface area contributed by atoms with Gasteiger partial charge in [-0.15, -0.1) is 11.3 Å². The number of nitrogens with zero attached hydrogens (tertiary/aromatic N) is 2. The zero-order chi connectivity index (χ0) is 22.5. The zero-order valence-corrected chi connectivity index (χ0v) is 18.8. The molecule has 0 aliphatic carbocycles. The third-order valence-electron chi connectivity index (χ3n) is 4.91. The van der Waals surface area contributed by atoms with Crippen molar-refractivity contribution < 1.29 is 14.3 Å². The zero-order valence-electron chi connectivity index (χ0n) is 17.2. The lowest BCUT2D eigenvalue weighted by atomic mass is 10.1. The molecule has 7 heteroatoms. The molecule has 0 bridgehead atoms. The summed E-state index contributed by atoms with van der Waals surface area (Å²) >= 11 is 7.57. The van der Waals surface area contributed by atoms with E-state index in [0.717, 1.165) is 10.6 Å². The van der Waals surface area contributed by atoms with Crippen molar-refractivity contribution in [1.29, 1.82) is 0 Å². The topological polar surface area (TPSA) is 61.2 Å². The summed E-state index contributed by atoms with van der Waals surface area (Å²) in [5.41, 5.74) is 3.26. The number of ether oxygens (including phenoxy) is 1. The van der Waals surface area contributed by atoms with Gasteiger partial charge in [0.25, 0.3) is 0 Å². The molecule has 2 heterocycles. The van der Waals surface area contributed by atoms with Crippen molar-refractivity contribution in [1.82, 2.24) is 9.55 Å². The molecule has 0 saturated heterocycles. The number of aromatic nitrogens is 2. The molecule has 0 fully saturated rings. The van der Waals surface area contributed by atoms with Gasteiger partial charge in [-0.3, -0.25) is 4.79 Å². The molecule has 5 nitrogen and oxygen atoms in total. The number of hydrogen-bond acceptors (Lipinski definition) is 5. The van der Waals surface area contributed by atoms with E-state index in [0.29, 0.717) is 34.0 Å². The lowest BCUT2D eigenvalue weighted by molar-refractivity contribution is 0.0600. The molecular formula is C25H19ClN2O3S. The van der Waals surface area contributed by atoms with E-state index in [2.05, 4.69) is 4.98 Å². The third-order valence-corrected chi connectivity index (χ3v) is 5.97. The monoisotopic (exact) mass is 462 g/mol. The molecule has 0 saturated carbocycles. The minimum absolute atomic E-state index is 0.0594. The Morgan fingerprint density at radius 2 is 1.97 bits per heavy atom. The van der Waals surface area contributed by atoms with Crippen molar-refractivity contribution in [2.45, 2.75) is 6.54 Å². The Hall–Kier alpha value is -3.48. The molecule has 32 heavy (non-hydrogen) atoms. The van der Waals surface area contributed by atoms with Gasteiger partial charge < -0.3 is 9.30 Å². The standard InChI is InChI=1S/C25H19ClN2O3S/c1-31-25(30)21-16-20(26)11-10-17(21)4-2-13-28-14-3-5-22(28)23(29)18-6-8-19(9-7-18)24-27-12-15-32-24/h2-12,14-16H,13H2,1H3. The van der Waals surface area contributed by atoms with Crippen molar-refractivity contribution in [3.8, 4) is 10.6 Å². The normalized spacial score (nSPS) is 11.1. The molecule has 2 aromatic carbocycles. The first kappa shape index (κ1) is 21.7. The number of ketones is 1. The number of benzene rings is 2. The molecule has 0 atom stereocenters. The second kappa shape index (κ2) is 9.77. The highest BCUT2D eigenvalue weighted by Crippen LogP contribution is 2.23. The van der Waals surface area contributed by atoms with Crippen LogP contribution in [0.2, 0.25) is 5.02 Å². The molecular weight excluding hydrogens is 444 g/mol. The van der Waals surface area contributed by atoms with Crippen LogP contribution in [0.3, 0.4) is 0 Å². The average Bonchev–Trinajstić information content (AvgIpc) is 3.51. The highest BCUT2D eigenvalue weighted by molar-refractivity contribution is 7.13. The van der Waals surface area contributed by atoms with Crippen LogP contribution in [-0.2, 0) is 11.3 Å². The lowest BCUT2D eigenvalue weighted by Gasteiger charge is -2.08. The summed E-state index contributed by atoms with van der Waals surface area (Å²) in [6.45, 7) is 0.467. The molecule has 0 N–H and O–H groups in total. The Kier molecular flexibility index (Phi) is 6.63. The summed E-state index contributed by atoms with van der Waals surface area (Å²) in [7, 11) is 1.33. The number of halogens is 1. The van der Waals surface area contributed by atoms with Gasteiger partial charge in [-0.1, -0.05) is 54.1 Å². The van der Waals surface area contributed by atoms with Gasteiger partial charge in [0.1, 0.15) is 5.01 Å². The van der Waals surface area contributed by atoms with Crippen molar-refractivity contribution in [2.75, 3.05) is 7.11 Å². The van der Waals surface area contributed by atoms with E-state index in [4.69, 9.17) is 16.3 Å². The van der Waals surface area contributed by atoms with E-state index in [9.17, 15) is 9.59 Å². The number of thiazole rings is 1. The first-order valence-corrected chi connectivity index (χ1v) is 11.1. The number of rotatable bonds is 7. The molecule has 4 aromatic rings. The number of methoxy groups -OCH3 is 1. The highest BCUT2D eigenvalue weighted by atomic mass is 35.5. The predicted octanol–water partition coefficient (Wildman–Crippen LogP) is 6.00. The van der Waals surface area contributed by atoms with Crippen molar-refractivity contribution in [3.63, 3.8) is 0 Å². The first-order valence-electron chi connectivity index (χ1n) is 9.81. The van der Waals surface area contributed by atoms with E-state index in [1.807, 2.05) is 58.6 Å². The van der Waals surface area contributed by atoms with Crippen LogP contribution < -0.4 is 0 Å². The fraction of sp³-hybridized carbons (Fsp3) is 0.0800. The van der Waals surface area contributed by atoms with Crippen LogP contribution in [0.4, 0.5) is 0 Å². The first-order chi connectivity index (χ1) is 15.6. The highest BCUT2D eigenvalue weighted by Gasteiger charge is 2.14. The van der Waals surface area contributed by atoms with Gasteiger partial charge in [0.05, 0.1) is 18.4 Å². The summed E-state index contributed by atoms with van der Waals surface area (Å²) in [5, 5.41) is 3.31. The number of esters is 1. The maximum atomic E-state index is 13.0. The Labute approximate surface area is 194 Å². The van der Waals surface area contributed by atoms with E-state index < -0.39 is 5.97 Å². The Balaban J connectivity index is 1.51. The fourth-order valence-corrected chi connectivity index (χ4v) is 4.13.